The quantitative estimate of drug-likeness (QED) is 0.597. The van der Waals surface area contributed by atoms with E-state index in [1.165, 1.54) is 0 Å². The molecule has 4 rings (SSSR count). The van der Waals surface area contributed by atoms with E-state index in [4.69, 9.17) is 28.2 Å². The molecular weight excluding hydrogens is 367 g/mol. The standard InChI is InChI=1S/C20H22Cl2N4/c1-12-16(13-5-4-6-15(21)17(13)22)18-14(11-23-25-18)19(24-12)26-9-7-20(2,3)8-10-26/h4-6,11H,7-10H2,1-3H3,(H,23,25). The number of halogens is 2. The first-order chi connectivity index (χ1) is 12.4. The van der Waals surface area contributed by atoms with Gasteiger partial charge in [0.2, 0.25) is 0 Å². The number of pyridine rings is 1. The van der Waals surface area contributed by atoms with E-state index >= 15 is 0 Å². The molecule has 0 atom stereocenters. The molecule has 0 spiro atoms. The molecule has 4 nitrogen and oxygen atoms in total. The Morgan fingerprint density at radius 1 is 1.15 bits per heavy atom. The maximum atomic E-state index is 6.48. The number of aromatic nitrogens is 3. The molecule has 6 heteroatoms. The van der Waals surface area contributed by atoms with Crippen molar-refractivity contribution in [2.45, 2.75) is 33.6 Å². The number of nitrogens with zero attached hydrogens (tertiary/aromatic N) is 3. The molecule has 3 heterocycles. The number of piperidine rings is 1. The number of hydrogen-bond donors (Lipinski definition) is 1. The molecule has 136 valence electrons. The fourth-order valence-electron chi connectivity index (χ4n) is 3.69. The van der Waals surface area contributed by atoms with Gasteiger partial charge in [0.15, 0.2) is 0 Å². The molecule has 1 fully saturated rings. The molecule has 3 aromatic rings. The fraction of sp³-hybridized carbons (Fsp3) is 0.400. The number of H-pyrrole nitrogens is 1. The van der Waals surface area contributed by atoms with Gasteiger partial charge in [-0.25, -0.2) is 4.98 Å². The zero-order valence-corrected chi connectivity index (χ0v) is 16.7. The highest BCUT2D eigenvalue weighted by molar-refractivity contribution is 6.44. The van der Waals surface area contributed by atoms with Crippen LogP contribution in [0, 0.1) is 12.3 Å². The molecule has 0 unspecified atom stereocenters. The van der Waals surface area contributed by atoms with Gasteiger partial charge in [0, 0.05) is 29.9 Å². The van der Waals surface area contributed by atoms with Crippen molar-refractivity contribution in [1.82, 2.24) is 15.2 Å². The van der Waals surface area contributed by atoms with Crippen LogP contribution in [-0.2, 0) is 0 Å². The monoisotopic (exact) mass is 388 g/mol. The lowest BCUT2D eigenvalue weighted by atomic mass is 9.82. The van der Waals surface area contributed by atoms with Crippen molar-refractivity contribution in [3.8, 4) is 11.1 Å². The minimum atomic E-state index is 0.398. The molecule has 0 amide bonds. The summed E-state index contributed by atoms with van der Waals surface area (Å²) >= 11 is 12.7. The minimum absolute atomic E-state index is 0.398. The predicted octanol–water partition coefficient (Wildman–Crippen LogP) is 5.87. The summed E-state index contributed by atoms with van der Waals surface area (Å²) in [5.41, 5.74) is 4.12. The molecule has 1 aliphatic rings. The van der Waals surface area contributed by atoms with Crippen molar-refractivity contribution >= 4 is 39.9 Å². The molecule has 0 saturated carbocycles. The number of benzene rings is 1. The third kappa shape index (κ3) is 2.95. The molecule has 1 saturated heterocycles. The van der Waals surface area contributed by atoms with Gasteiger partial charge < -0.3 is 4.90 Å². The SMILES string of the molecule is Cc1nc(N2CCC(C)(C)CC2)c2cn[nH]c2c1-c1cccc(Cl)c1Cl. The minimum Gasteiger partial charge on any atom is -0.356 e. The Hall–Kier alpha value is -1.78. The summed E-state index contributed by atoms with van der Waals surface area (Å²) in [5.74, 6) is 1.00. The van der Waals surface area contributed by atoms with Crippen molar-refractivity contribution < 1.29 is 0 Å². The second-order valence-electron chi connectivity index (χ2n) is 7.81. The van der Waals surface area contributed by atoms with Crippen molar-refractivity contribution in [3.05, 3.63) is 40.1 Å². The van der Waals surface area contributed by atoms with Gasteiger partial charge >= 0.3 is 0 Å². The maximum absolute atomic E-state index is 6.48. The van der Waals surface area contributed by atoms with Crippen molar-refractivity contribution in [2.75, 3.05) is 18.0 Å². The molecule has 0 aliphatic carbocycles. The lowest BCUT2D eigenvalue weighted by Crippen LogP contribution is -2.37. The van der Waals surface area contributed by atoms with Gasteiger partial charge in [0.25, 0.3) is 0 Å². The number of anilines is 1. The normalized spacial score (nSPS) is 17.0. The molecule has 1 aromatic carbocycles. The Labute approximate surface area is 163 Å². The Kier molecular flexibility index (Phi) is 4.36. The average Bonchev–Trinajstić information content (AvgIpc) is 3.07. The number of hydrogen-bond acceptors (Lipinski definition) is 3. The number of nitrogens with one attached hydrogen (secondary N) is 1. The highest BCUT2D eigenvalue weighted by Crippen LogP contribution is 2.41. The summed E-state index contributed by atoms with van der Waals surface area (Å²) in [6.45, 7) is 8.71. The van der Waals surface area contributed by atoms with E-state index in [9.17, 15) is 0 Å². The summed E-state index contributed by atoms with van der Waals surface area (Å²) in [7, 11) is 0. The van der Waals surface area contributed by atoms with Crippen LogP contribution in [0.3, 0.4) is 0 Å². The van der Waals surface area contributed by atoms with Crippen molar-refractivity contribution in [3.63, 3.8) is 0 Å². The molecule has 0 radical (unpaired) electrons. The van der Waals surface area contributed by atoms with Crippen LogP contribution in [0.2, 0.25) is 10.0 Å². The third-order valence-electron chi connectivity index (χ3n) is 5.40. The number of aromatic amines is 1. The van der Waals surface area contributed by atoms with Gasteiger partial charge in [-0.05, 0) is 31.2 Å². The van der Waals surface area contributed by atoms with E-state index in [1.54, 1.807) is 6.07 Å². The molecule has 1 aliphatic heterocycles. The second kappa shape index (κ2) is 6.43. The third-order valence-corrected chi connectivity index (χ3v) is 6.22. The Morgan fingerprint density at radius 2 is 1.88 bits per heavy atom. The average molecular weight is 389 g/mol. The zero-order valence-electron chi connectivity index (χ0n) is 15.2. The fourth-order valence-corrected chi connectivity index (χ4v) is 4.09. The molecule has 1 N–H and O–H groups in total. The van der Waals surface area contributed by atoms with Crippen molar-refractivity contribution in [1.29, 1.82) is 0 Å². The highest BCUT2D eigenvalue weighted by Gasteiger charge is 2.28. The van der Waals surface area contributed by atoms with Crippen LogP contribution >= 0.6 is 23.2 Å². The van der Waals surface area contributed by atoms with Gasteiger partial charge in [0.05, 0.1) is 27.1 Å². The Morgan fingerprint density at radius 3 is 2.62 bits per heavy atom. The maximum Gasteiger partial charge on any atom is 0.139 e. The molecular formula is C20H22Cl2N4. The van der Waals surface area contributed by atoms with Gasteiger partial charge in [0.1, 0.15) is 5.82 Å². The highest BCUT2D eigenvalue weighted by atomic mass is 35.5. The topological polar surface area (TPSA) is 44.8 Å². The number of fused-ring (bicyclic) bond motifs is 1. The van der Waals surface area contributed by atoms with E-state index in [0.29, 0.717) is 15.5 Å². The van der Waals surface area contributed by atoms with Gasteiger partial charge in [-0.1, -0.05) is 49.2 Å². The molecule has 0 bridgehead atoms. The van der Waals surface area contributed by atoms with E-state index in [2.05, 4.69) is 28.9 Å². The lowest BCUT2D eigenvalue weighted by molar-refractivity contribution is 0.279. The van der Waals surface area contributed by atoms with Crippen molar-refractivity contribution in [2.24, 2.45) is 5.41 Å². The van der Waals surface area contributed by atoms with Crippen LogP contribution in [0.1, 0.15) is 32.4 Å². The first-order valence-electron chi connectivity index (χ1n) is 8.90. The summed E-state index contributed by atoms with van der Waals surface area (Å²) in [5, 5.41) is 9.56. The second-order valence-corrected chi connectivity index (χ2v) is 8.59. The summed E-state index contributed by atoms with van der Waals surface area (Å²) < 4.78 is 0. The zero-order chi connectivity index (χ0) is 18.5. The number of aryl methyl sites for hydroxylation is 1. The first-order valence-corrected chi connectivity index (χ1v) is 9.66. The van der Waals surface area contributed by atoms with Crippen LogP contribution < -0.4 is 4.90 Å². The van der Waals surface area contributed by atoms with E-state index < -0.39 is 0 Å². The van der Waals surface area contributed by atoms with Gasteiger partial charge in [-0.2, -0.15) is 5.10 Å². The van der Waals surface area contributed by atoms with E-state index in [-0.39, 0.29) is 0 Å². The van der Waals surface area contributed by atoms with E-state index in [0.717, 1.165) is 59.5 Å². The largest absolute Gasteiger partial charge is 0.356 e. The Bertz CT molecular complexity index is 967. The molecule has 26 heavy (non-hydrogen) atoms. The lowest BCUT2D eigenvalue weighted by Gasteiger charge is -2.38. The van der Waals surface area contributed by atoms with Crippen LogP contribution in [0.5, 0.6) is 0 Å². The van der Waals surface area contributed by atoms with E-state index in [1.807, 2.05) is 25.3 Å². The van der Waals surface area contributed by atoms with Crippen LogP contribution in [0.4, 0.5) is 5.82 Å². The summed E-state index contributed by atoms with van der Waals surface area (Å²) in [6, 6.07) is 5.68. The molecule has 2 aromatic heterocycles. The van der Waals surface area contributed by atoms with Gasteiger partial charge in [-0.3, -0.25) is 5.10 Å². The summed E-state index contributed by atoms with van der Waals surface area (Å²) in [4.78, 5) is 7.33. The van der Waals surface area contributed by atoms with Gasteiger partial charge in [-0.15, -0.1) is 0 Å². The van der Waals surface area contributed by atoms with Crippen LogP contribution in [0.25, 0.3) is 22.0 Å². The summed E-state index contributed by atoms with van der Waals surface area (Å²) in [6.07, 6.45) is 4.18. The Balaban J connectivity index is 1.85. The smallest absolute Gasteiger partial charge is 0.139 e. The van der Waals surface area contributed by atoms with Crippen LogP contribution in [-0.4, -0.2) is 28.3 Å². The first kappa shape index (κ1) is 17.6. The van der Waals surface area contributed by atoms with Crippen LogP contribution in [0.15, 0.2) is 24.4 Å². The predicted molar refractivity (Wildman–Crippen MR) is 109 cm³/mol. The number of rotatable bonds is 2.